The minimum Gasteiger partial charge on any atom is -0.508 e. The zero-order valence-corrected chi connectivity index (χ0v) is 7.08. The first-order valence-corrected chi connectivity index (χ1v) is 4.97. The standard InChI is InChI=1S/C7H9NO3S/c8-12(10,11)5-6-2-1-3-7(9)4-6/h1-4,9H,5H2,(H2,8,10,11). The summed E-state index contributed by atoms with van der Waals surface area (Å²) >= 11 is 0. The Hall–Kier alpha value is -1.07. The SMILES string of the molecule is NS(=O)(=O)Cc1cccc(O)c1. The Morgan fingerprint density at radius 1 is 1.42 bits per heavy atom. The molecule has 0 spiro atoms. The number of nitrogens with two attached hydrogens (primary N) is 1. The molecule has 0 aliphatic rings. The van der Waals surface area contributed by atoms with Crippen molar-refractivity contribution in [3.63, 3.8) is 0 Å². The molecule has 12 heavy (non-hydrogen) atoms. The van der Waals surface area contributed by atoms with Crippen molar-refractivity contribution in [2.75, 3.05) is 0 Å². The molecule has 66 valence electrons. The van der Waals surface area contributed by atoms with Gasteiger partial charge in [0.25, 0.3) is 0 Å². The molecule has 1 aromatic carbocycles. The van der Waals surface area contributed by atoms with Crippen LogP contribution in [0.5, 0.6) is 5.75 Å². The van der Waals surface area contributed by atoms with Crippen LogP contribution in [0.3, 0.4) is 0 Å². The van der Waals surface area contributed by atoms with Crippen LogP contribution in [0.1, 0.15) is 5.56 Å². The summed E-state index contributed by atoms with van der Waals surface area (Å²) < 4.78 is 21.2. The number of phenols is 1. The van der Waals surface area contributed by atoms with Crippen LogP contribution < -0.4 is 5.14 Å². The van der Waals surface area contributed by atoms with Gasteiger partial charge >= 0.3 is 0 Å². The van der Waals surface area contributed by atoms with Crippen molar-refractivity contribution < 1.29 is 13.5 Å². The topological polar surface area (TPSA) is 80.4 Å². The Kier molecular flexibility index (Phi) is 2.35. The normalized spacial score (nSPS) is 11.4. The van der Waals surface area contributed by atoms with E-state index in [1.54, 1.807) is 12.1 Å². The fraction of sp³-hybridized carbons (Fsp3) is 0.143. The molecule has 3 N–H and O–H groups in total. The van der Waals surface area contributed by atoms with Gasteiger partial charge in [-0.05, 0) is 17.7 Å². The third-order valence-electron chi connectivity index (χ3n) is 1.28. The molecule has 4 nitrogen and oxygen atoms in total. The van der Waals surface area contributed by atoms with Gasteiger partial charge in [-0.15, -0.1) is 0 Å². The monoisotopic (exact) mass is 187 g/mol. The highest BCUT2D eigenvalue weighted by molar-refractivity contribution is 7.88. The zero-order chi connectivity index (χ0) is 9.19. The first-order valence-electron chi connectivity index (χ1n) is 3.26. The lowest BCUT2D eigenvalue weighted by Gasteiger charge is -1.98. The van der Waals surface area contributed by atoms with E-state index in [9.17, 15) is 8.42 Å². The van der Waals surface area contributed by atoms with Crippen molar-refractivity contribution in [1.82, 2.24) is 0 Å². The Bertz CT molecular complexity index is 372. The Balaban J connectivity index is 2.91. The van der Waals surface area contributed by atoms with E-state index in [2.05, 4.69) is 0 Å². The van der Waals surface area contributed by atoms with Gasteiger partial charge in [-0.1, -0.05) is 12.1 Å². The molecule has 0 saturated heterocycles. The van der Waals surface area contributed by atoms with Crippen LogP contribution in [-0.4, -0.2) is 13.5 Å². The molecule has 0 fully saturated rings. The van der Waals surface area contributed by atoms with Crippen molar-refractivity contribution in [1.29, 1.82) is 0 Å². The summed E-state index contributed by atoms with van der Waals surface area (Å²) in [5.41, 5.74) is 0.484. The van der Waals surface area contributed by atoms with Gasteiger partial charge in [0.1, 0.15) is 5.75 Å². The maximum Gasteiger partial charge on any atom is 0.213 e. The predicted molar refractivity (Wildman–Crippen MR) is 44.9 cm³/mol. The van der Waals surface area contributed by atoms with Crippen LogP contribution in [0.2, 0.25) is 0 Å². The predicted octanol–water partition coefficient (Wildman–Crippen LogP) is 0.181. The molecule has 0 amide bonds. The van der Waals surface area contributed by atoms with Gasteiger partial charge in [0, 0.05) is 0 Å². The first kappa shape index (κ1) is 9.02. The third-order valence-corrected chi connectivity index (χ3v) is 2.01. The molecule has 0 saturated carbocycles. The van der Waals surface area contributed by atoms with Gasteiger partial charge in [-0.3, -0.25) is 0 Å². The number of benzene rings is 1. The molecule has 1 rings (SSSR count). The van der Waals surface area contributed by atoms with Crippen LogP contribution in [0.4, 0.5) is 0 Å². The Morgan fingerprint density at radius 3 is 2.58 bits per heavy atom. The van der Waals surface area contributed by atoms with Crippen LogP contribution in [0.25, 0.3) is 0 Å². The van der Waals surface area contributed by atoms with Crippen molar-refractivity contribution >= 4 is 10.0 Å². The van der Waals surface area contributed by atoms with Gasteiger partial charge in [0.05, 0.1) is 5.75 Å². The van der Waals surface area contributed by atoms with E-state index < -0.39 is 10.0 Å². The van der Waals surface area contributed by atoms with Crippen molar-refractivity contribution in [3.05, 3.63) is 29.8 Å². The zero-order valence-electron chi connectivity index (χ0n) is 6.27. The molecule has 0 radical (unpaired) electrons. The van der Waals surface area contributed by atoms with Crippen LogP contribution in [-0.2, 0) is 15.8 Å². The van der Waals surface area contributed by atoms with Gasteiger partial charge in [-0.2, -0.15) is 0 Å². The molecular weight excluding hydrogens is 178 g/mol. The first-order chi connectivity index (χ1) is 5.47. The highest BCUT2D eigenvalue weighted by Crippen LogP contribution is 2.12. The van der Waals surface area contributed by atoms with Gasteiger partial charge < -0.3 is 5.11 Å². The maximum absolute atomic E-state index is 10.6. The number of aromatic hydroxyl groups is 1. The smallest absolute Gasteiger partial charge is 0.213 e. The van der Waals surface area contributed by atoms with Gasteiger partial charge in [-0.25, -0.2) is 13.6 Å². The molecule has 0 bridgehead atoms. The molecule has 5 heteroatoms. The minimum atomic E-state index is -3.51. The molecule has 1 aromatic rings. The molecule has 0 atom stereocenters. The maximum atomic E-state index is 10.6. The number of hydrogen-bond donors (Lipinski definition) is 2. The van der Waals surface area contributed by atoms with E-state index in [4.69, 9.17) is 10.2 Å². The lowest BCUT2D eigenvalue weighted by atomic mass is 10.2. The van der Waals surface area contributed by atoms with Crippen molar-refractivity contribution in [2.24, 2.45) is 5.14 Å². The van der Waals surface area contributed by atoms with Gasteiger partial charge in [0.15, 0.2) is 0 Å². The number of sulfonamides is 1. The Labute approximate surface area is 70.7 Å². The van der Waals surface area contributed by atoms with E-state index in [-0.39, 0.29) is 11.5 Å². The fourth-order valence-corrected chi connectivity index (χ4v) is 1.52. The van der Waals surface area contributed by atoms with Crippen LogP contribution >= 0.6 is 0 Å². The fourth-order valence-electron chi connectivity index (χ4n) is 0.879. The summed E-state index contributed by atoms with van der Waals surface area (Å²) in [6.45, 7) is 0. The summed E-state index contributed by atoms with van der Waals surface area (Å²) in [4.78, 5) is 0. The quantitative estimate of drug-likeness (QED) is 0.693. The molecule has 0 aromatic heterocycles. The molecule has 0 heterocycles. The average molecular weight is 187 g/mol. The summed E-state index contributed by atoms with van der Waals surface area (Å²) in [6.07, 6.45) is 0. The Morgan fingerprint density at radius 2 is 2.08 bits per heavy atom. The summed E-state index contributed by atoms with van der Waals surface area (Å²) in [5.74, 6) is -0.211. The lowest BCUT2D eigenvalue weighted by Crippen LogP contribution is -2.14. The summed E-state index contributed by atoms with van der Waals surface area (Å²) in [5, 5.41) is 13.8. The molecule has 0 unspecified atom stereocenters. The van der Waals surface area contributed by atoms with Crippen LogP contribution in [0, 0.1) is 0 Å². The van der Waals surface area contributed by atoms with E-state index >= 15 is 0 Å². The average Bonchev–Trinajstić information content (AvgIpc) is 1.82. The van der Waals surface area contributed by atoms with E-state index in [0.717, 1.165) is 0 Å². The highest BCUT2D eigenvalue weighted by atomic mass is 32.2. The van der Waals surface area contributed by atoms with Crippen molar-refractivity contribution in [3.8, 4) is 5.75 Å². The number of hydrogen-bond acceptors (Lipinski definition) is 3. The second-order valence-corrected chi connectivity index (χ2v) is 4.09. The number of primary sulfonamides is 1. The van der Waals surface area contributed by atoms with E-state index in [1.165, 1.54) is 12.1 Å². The summed E-state index contributed by atoms with van der Waals surface area (Å²) in [7, 11) is -3.51. The second-order valence-electron chi connectivity index (χ2n) is 2.48. The highest BCUT2D eigenvalue weighted by Gasteiger charge is 2.04. The minimum absolute atomic E-state index is 0.0381. The number of phenolic OH excluding ortho intramolecular Hbond substituents is 1. The lowest BCUT2D eigenvalue weighted by molar-refractivity contribution is 0.475. The van der Waals surface area contributed by atoms with E-state index in [0.29, 0.717) is 5.56 Å². The van der Waals surface area contributed by atoms with E-state index in [1.807, 2.05) is 0 Å². The molecular formula is C7H9NO3S. The summed E-state index contributed by atoms with van der Waals surface area (Å²) in [6, 6.07) is 5.98. The second kappa shape index (κ2) is 3.12. The van der Waals surface area contributed by atoms with Crippen LogP contribution in [0.15, 0.2) is 24.3 Å². The third kappa shape index (κ3) is 2.89. The largest absolute Gasteiger partial charge is 0.508 e. The number of rotatable bonds is 2. The van der Waals surface area contributed by atoms with Crippen molar-refractivity contribution in [2.45, 2.75) is 5.75 Å². The molecule has 0 aliphatic heterocycles. The van der Waals surface area contributed by atoms with Gasteiger partial charge in [0.2, 0.25) is 10.0 Å². The molecule has 0 aliphatic carbocycles.